The Bertz CT molecular complexity index is 549. The highest BCUT2D eigenvalue weighted by Gasteiger charge is 2.45. The molecule has 0 radical (unpaired) electrons. The van der Waals surface area contributed by atoms with E-state index in [9.17, 15) is 30.5 Å². The molecule has 2 rings (SSSR count). The molecule has 1 aromatic carbocycles. The Kier molecular flexibility index (Phi) is 4.78. The number of rotatable bonds is 4. The summed E-state index contributed by atoms with van der Waals surface area (Å²) in [5, 5.41) is 58.5. The van der Waals surface area contributed by atoms with Crippen LogP contribution in [0.3, 0.4) is 0 Å². The van der Waals surface area contributed by atoms with Crippen molar-refractivity contribution >= 4 is 5.69 Å². The number of ether oxygens (including phenoxy) is 2. The topological polar surface area (TPSA) is 163 Å². The van der Waals surface area contributed by atoms with Gasteiger partial charge in [0.1, 0.15) is 24.4 Å². The van der Waals surface area contributed by atoms with Crippen LogP contribution in [0.4, 0.5) is 5.69 Å². The molecule has 0 saturated carbocycles. The number of aromatic hydroxyl groups is 1. The first-order valence-electron chi connectivity index (χ1n) is 6.30. The molecule has 1 aliphatic rings. The normalized spacial score (nSPS) is 31.7. The lowest BCUT2D eigenvalue weighted by Crippen LogP contribution is -2.60. The fourth-order valence-corrected chi connectivity index (χ4v) is 2.08. The standard InChI is InChI=1S/C12H15NO9/c14-4-7-9(16)10(17)11(18)12(22-7)21-6-3-1-2-5(15)8(6)13(19)20/h1-3,7,9-12,14-18H,4H2/t7-,9+,10+,11-,12+/m1/s1. The first-order valence-corrected chi connectivity index (χ1v) is 6.30. The van der Waals surface area contributed by atoms with Crippen LogP contribution in [0.25, 0.3) is 0 Å². The Labute approximate surface area is 123 Å². The highest BCUT2D eigenvalue weighted by Crippen LogP contribution is 2.37. The summed E-state index contributed by atoms with van der Waals surface area (Å²) in [5.74, 6) is -1.04. The summed E-state index contributed by atoms with van der Waals surface area (Å²) in [7, 11) is 0. The summed E-state index contributed by atoms with van der Waals surface area (Å²) in [6.45, 7) is -0.660. The molecule has 0 unspecified atom stereocenters. The van der Waals surface area contributed by atoms with Gasteiger partial charge in [0.15, 0.2) is 5.75 Å². The van der Waals surface area contributed by atoms with E-state index in [0.29, 0.717) is 0 Å². The van der Waals surface area contributed by atoms with Crippen LogP contribution in [0.1, 0.15) is 0 Å². The fraction of sp³-hybridized carbons (Fsp3) is 0.500. The Hall–Kier alpha value is -1.98. The molecule has 22 heavy (non-hydrogen) atoms. The maximum Gasteiger partial charge on any atom is 0.352 e. The molecule has 0 amide bonds. The second kappa shape index (κ2) is 6.42. The summed E-state index contributed by atoms with van der Waals surface area (Å²) < 4.78 is 10.2. The smallest absolute Gasteiger partial charge is 0.352 e. The Morgan fingerprint density at radius 3 is 2.50 bits per heavy atom. The fourth-order valence-electron chi connectivity index (χ4n) is 2.08. The van der Waals surface area contributed by atoms with Crippen LogP contribution in [-0.4, -0.2) is 67.8 Å². The van der Waals surface area contributed by atoms with Crippen LogP contribution < -0.4 is 4.74 Å². The van der Waals surface area contributed by atoms with Crippen molar-refractivity contribution in [1.29, 1.82) is 0 Å². The van der Waals surface area contributed by atoms with Gasteiger partial charge in [0.2, 0.25) is 12.0 Å². The third-order valence-corrected chi connectivity index (χ3v) is 3.25. The van der Waals surface area contributed by atoms with Gasteiger partial charge >= 0.3 is 5.69 Å². The molecule has 5 atom stereocenters. The summed E-state index contributed by atoms with van der Waals surface area (Å²) >= 11 is 0. The number of phenols is 1. The molecule has 0 aliphatic carbocycles. The van der Waals surface area contributed by atoms with Gasteiger partial charge in [0, 0.05) is 0 Å². The first-order chi connectivity index (χ1) is 10.4. The third kappa shape index (κ3) is 2.96. The molecular formula is C12H15NO9. The van der Waals surface area contributed by atoms with E-state index in [4.69, 9.17) is 14.6 Å². The molecule has 122 valence electrons. The number of nitro benzene ring substituents is 1. The average Bonchev–Trinajstić information content (AvgIpc) is 2.47. The number of hydrogen-bond donors (Lipinski definition) is 5. The lowest BCUT2D eigenvalue weighted by molar-refractivity contribution is -0.388. The Balaban J connectivity index is 2.27. The molecule has 1 heterocycles. The lowest BCUT2D eigenvalue weighted by Gasteiger charge is -2.39. The summed E-state index contributed by atoms with van der Waals surface area (Å²) in [6, 6.07) is 3.53. The van der Waals surface area contributed by atoms with Crippen LogP contribution in [-0.2, 0) is 4.74 Å². The molecule has 5 N–H and O–H groups in total. The van der Waals surface area contributed by atoms with Crippen LogP contribution >= 0.6 is 0 Å². The maximum atomic E-state index is 10.9. The van der Waals surface area contributed by atoms with Crippen molar-refractivity contribution in [2.45, 2.75) is 30.7 Å². The predicted octanol–water partition coefficient (Wildman–Crippen LogP) is -1.52. The highest BCUT2D eigenvalue weighted by molar-refractivity contribution is 5.56. The van der Waals surface area contributed by atoms with E-state index < -0.39 is 59.4 Å². The quantitative estimate of drug-likeness (QED) is 0.328. The summed E-state index contributed by atoms with van der Waals surface area (Å²) in [5.41, 5.74) is -0.737. The maximum absolute atomic E-state index is 10.9. The number of nitro groups is 1. The van der Waals surface area contributed by atoms with Gasteiger partial charge in [0.25, 0.3) is 0 Å². The monoisotopic (exact) mass is 317 g/mol. The molecule has 1 aromatic rings. The van der Waals surface area contributed by atoms with Gasteiger partial charge in [-0.25, -0.2) is 0 Å². The number of para-hydroxylation sites is 1. The Morgan fingerprint density at radius 2 is 1.91 bits per heavy atom. The van der Waals surface area contributed by atoms with Crippen molar-refractivity contribution in [3.8, 4) is 11.5 Å². The van der Waals surface area contributed by atoms with Crippen molar-refractivity contribution in [1.82, 2.24) is 0 Å². The van der Waals surface area contributed by atoms with Crippen LogP contribution in [0.15, 0.2) is 18.2 Å². The molecule has 0 spiro atoms. The minimum Gasteiger partial charge on any atom is -0.502 e. The van der Waals surface area contributed by atoms with Gasteiger partial charge in [-0.15, -0.1) is 0 Å². The number of aliphatic hydroxyl groups is 4. The van der Waals surface area contributed by atoms with Crippen molar-refractivity contribution in [3.63, 3.8) is 0 Å². The van der Waals surface area contributed by atoms with Crippen LogP contribution in [0.2, 0.25) is 0 Å². The lowest BCUT2D eigenvalue weighted by atomic mass is 9.99. The Morgan fingerprint density at radius 1 is 1.23 bits per heavy atom. The van der Waals surface area contributed by atoms with Crippen molar-refractivity contribution in [2.75, 3.05) is 6.61 Å². The van der Waals surface area contributed by atoms with E-state index in [2.05, 4.69) is 0 Å². The highest BCUT2D eigenvalue weighted by atomic mass is 16.7. The van der Waals surface area contributed by atoms with Gasteiger partial charge in [-0.1, -0.05) is 6.07 Å². The number of aliphatic hydroxyl groups excluding tert-OH is 4. The second-order valence-corrected chi connectivity index (χ2v) is 4.70. The zero-order valence-corrected chi connectivity index (χ0v) is 11.1. The van der Waals surface area contributed by atoms with E-state index in [1.165, 1.54) is 12.1 Å². The van der Waals surface area contributed by atoms with E-state index in [1.807, 2.05) is 0 Å². The zero-order valence-electron chi connectivity index (χ0n) is 11.1. The summed E-state index contributed by atoms with van der Waals surface area (Å²) in [4.78, 5) is 10.1. The average molecular weight is 317 g/mol. The molecular weight excluding hydrogens is 302 g/mol. The minimum atomic E-state index is -1.71. The van der Waals surface area contributed by atoms with E-state index in [1.54, 1.807) is 0 Å². The van der Waals surface area contributed by atoms with E-state index in [0.717, 1.165) is 6.07 Å². The van der Waals surface area contributed by atoms with Gasteiger partial charge in [-0.3, -0.25) is 10.1 Å². The van der Waals surface area contributed by atoms with Crippen molar-refractivity contribution in [3.05, 3.63) is 28.3 Å². The number of hydrogen-bond acceptors (Lipinski definition) is 9. The largest absolute Gasteiger partial charge is 0.502 e. The van der Waals surface area contributed by atoms with E-state index >= 15 is 0 Å². The molecule has 10 nitrogen and oxygen atoms in total. The number of benzene rings is 1. The van der Waals surface area contributed by atoms with E-state index in [-0.39, 0.29) is 0 Å². The van der Waals surface area contributed by atoms with Gasteiger partial charge < -0.3 is 35.0 Å². The minimum absolute atomic E-state index is 0.394. The first kappa shape index (κ1) is 16.4. The van der Waals surface area contributed by atoms with Gasteiger partial charge in [-0.05, 0) is 12.1 Å². The molecule has 1 aliphatic heterocycles. The SMILES string of the molecule is O=[N+]([O-])c1c(O)cccc1O[C@H]1O[C@H](CO)[C@H](O)[C@H](O)[C@H]1O. The van der Waals surface area contributed by atoms with Crippen LogP contribution in [0, 0.1) is 10.1 Å². The second-order valence-electron chi connectivity index (χ2n) is 4.70. The third-order valence-electron chi connectivity index (χ3n) is 3.25. The number of nitrogens with zero attached hydrogens (tertiary/aromatic N) is 1. The molecule has 0 bridgehead atoms. The predicted molar refractivity (Wildman–Crippen MR) is 69.2 cm³/mol. The molecule has 1 fully saturated rings. The molecule has 1 saturated heterocycles. The van der Waals surface area contributed by atoms with Gasteiger partial charge in [-0.2, -0.15) is 0 Å². The van der Waals surface area contributed by atoms with Crippen molar-refractivity contribution in [2.24, 2.45) is 0 Å². The van der Waals surface area contributed by atoms with Crippen LogP contribution in [0.5, 0.6) is 11.5 Å². The summed E-state index contributed by atoms with van der Waals surface area (Å²) in [6.07, 6.45) is -7.73. The van der Waals surface area contributed by atoms with Gasteiger partial charge in [0.05, 0.1) is 11.5 Å². The number of phenolic OH excluding ortho intramolecular Hbond substituents is 1. The zero-order chi connectivity index (χ0) is 16.4. The molecule has 0 aromatic heterocycles. The molecule has 10 heteroatoms. The van der Waals surface area contributed by atoms with Crippen molar-refractivity contribution < 1.29 is 39.9 Å².